The number of amides is 1. The predicted molar refractivity (Wildman–Crippen MR) is 121 cm³/mol. The van der Waals surface area contributed by atoms with Gasteiger partial charge in [0, 0.05) is 26.2 Å². The van der Waals surface area contributed by atoms with Crippen LogP contribution in [0.25, 0.3) is 0 Å². The van der Waals surface area contributed by atoms with Crippen molar-refractivity contribution >= 4 is 62.8 Å². The zero-order valence-corrected chi connectivity index (χ0v) is 19.5. The lowest BCUT2D eigenvalue weighted by Gasteiger charge is -2.31. The number of carbonyl (C=O) groups is 2. The molecule has 1 aliphatic heterocycles. The third-order valence-electron chi connectivity index (χ3n) is 4.58. The lowest BCUT2D eigenvalue weighted by molar-refractivity contribution is -0.150. The summed E-state index contributed by atoms with van der Waals surface area (Å²) >= 11 is 16.8. The summed E-state index contributed by atoms with van der Waals surface area (Å²) in [6.07, 6.45) is 0. The Kier molecular flexibility index (Phi) is 7.48. The first-order chi connectivity index (χ1) is 14.3. The molecule has 1 amide bonds. The topological polar surface area (TPSA) is 79.2 Å². The van der Waals surface area contributed by atoms with Gasteiger partial charge in [-0.25, -0.2) is 0 Å². The van der Waals surface area contributed by atoms with Crippen LogP contribution in [0.15, 0.2) is 57.5 Å². The molecule has 30 heavy (non-hydrogen) atoms. The third kappa shape index (κ3) is 4.84. The molecule has 1 N–H and O–H groups in total. The Balaban J connectivity index is 2.03. The minimum Gasteiger partial charge on any atom is -0.468 e. The SMILES string of the molecule is COC(=O)[C@@H]1C(=O)NC(SCc2ccc(Cl)cc2Cl)=C(C#N)[C@H]1c1cccc(Br)c1. The van der Waals surface area contributed by atoms with Gasteiger partial charge in [0.2, 0.25) is 5.91 Å². The van der Waals surface area contributed by atoms with Crippen LogP contribution in [0.4, 0.5) is 0 Å². The summed E-state index contributed by atoms with van der Waals surface area (Å²) in [6.45, 7) is 0. The number of methoxy groups -OCH3 is 1. The molecule has 154 valence electrons. The number of ether oxygens (including phenoxy) is 1. The summed E-state index contributed by atoms with van der Waals surface area (Å²) < 4.78 is 5.62. The molecule has 9 heteroatoms. The van der Waals surface area contributed by atoms with Crippen LogP contribution in [-0.4, -0.2) is 19.0 Å². The zero-order chi connectivity index (χ0) is 21.8. The summed E-state index contributed by atoms with van der Waals surface area (Å²) in [5.41, 5.74) is 1.76. The van der Waals surface area contributed by atoms with E-state index in [1.54, 1.807) is 36.4 Å². The number of carbonyl (C=O) groups excluding carboxylic acids is 2. The Bertz CT molecular complexity index is 1080. The van der Waals surface area contributed by atoms with Gasteiger partial charge in [-0.2, -0.15) is 5.26 Å². The molecule has 1 heterocycles. The number of nitrogens with zero attached hydrogens (tertiary/aromatic N) is 1. The maximum atomic E-state index is 12.8. The maximum Gasteiger partial charge on any atom is 0.319 e. The van der Waals surface area contributed by atoms with Crippen LogP contribution in [0.2, 0.25) is 10.0 Å². The molecule has 0 saturated carbocycles. The van der Waals surface area contributed by atoms with Gasteiger partial charge in [-0.15, -0.1) is 11.8 Å². The number of esters is 1. The highest BCUT2D eigenvalue weighted by Crippen LogP contribution is 2.41. The van der Waals surface area contributed by atoms with E-state index in [1.807, 2.05) is 6.07 Å². The second-order valence-electron chi connectivity index (χ2n) is 6.40. The smallest absolute Gasteiger partial charge is 0.319 e. The number of hydrogen-bond donors (Lipinski definition) is 1. The first-order valence-corrected chi connectivity index (χ1v) is 11.2. The molecule has 0 spiro atoms. The van der Waals surface area contributed by atoms with E-state index in [4.69, 9.17) is 27.9 Å². The second kappa shape index (κ2) is 9.88. The lowest BCUT2D eigenvalue weighted by Crippen LogP contribution is -2.44. The summed E-state index contributed by atoms with van der Waals surface area (Å²) in [5, 5.41) is 14.0. The zero-order valence-electron chi connectivity index (χ0n) is 15.6. The highest BCUT2D eigenvalue weighted by Gasteiger charge is 2.44. The van der Waals surface area contributed by atoms with Crippen molar-refractivity contribution in [1.29, 1.82) is 5.26 Å². The van der Waals surface area contributed by atoms with Crippen molar-refractivity contribution in [3.8, 4) is 6.07 Å². The van der Waals surface area contributed by atoms with E-state index < -0.39 is 23.7 Å². The number of hydrogen-bond acceptors (Lipinski definition) is 5. The Hall–Kier alpha value is -1.98. The number of nitriles is 1. The van der Waals surface area contributed by atoms with E-state index in [1.165, 1.54) is 18.9 Å². The largest absolute Gasteiger partial charge is 0.468 e. The average Bonchev–Trinajstić information content (AvgIpc) is 2.72. The van der Waals surface area contributed by atoms with Gasteiger partial charge in [0.1, 0.15) is 5.92 Å². The van der Waals surface area contributed by atoms with Gasteiger partial charge in [0.15, 0.2) is 0 Å². The number of thioether (sulfide) groups is 1. The molecule has 0 unspecified atom stereocenters. The van der Waals surface area contributed by atoms with E-state index >= 15 is 0 Å². The summed E-state index contributed by atoms with van der Waals surface area (Å²) in [7, 11) is 1.22. The van der Waals surface area contributed by atoms with Gasteiger partial charge in [0.05, 0.1) is 23.8 Å². The molecule has 2 atom stereocenters. The molecular formula is C21H15BrCl2N2O3S. The van der Waals surface area contributed by atoms with E-state index in [0.29, 0.717) is 26.4 Å². The molecule has 0 radical (unpaired) electrons. The normalized spacial score (nSPS) is 18.6. The predicted octanol–water partition coefficient (Wildman–Crippen LogP) is 5.43. The molecule has 2 aromatic carbocycles. The fourth-order valence-corrected chi connectivity index (χ4v) is 5.19. The average molecular weight is 526 g/mol. The van der Waals surface area contributed by atoms with Crippen molar-refractivity contribution in [3.63, 3.8) is 0 Å². The van der Waals surface area contributed by atoms with Gasteiger partial charge in [-0.05, 0) is 35.4 Å². The molecule has 5 nitrogen and oxygen atoms in total. The maximum absolute atomic E-state index is 12.8. The summed E-state index contributed by atoms with van der Waals surface area (Å²) in [6, 6.07) is 14.5. The van der Waals surface area contributed by atoms with E-state index in [9.17, 15) is 14.9 Å². The summed E-state index contributed by atoms with van der Waals surface area (Å²) in [5.74, 6) is -2.74. The van der Waals surface area contributed by atoms with Crippen LogP contribution >= 0.6 is 50.9 Å². The highest BCUT2D eigenvalue weighted by atomic mass is 79.9. The van der Waals surface area contributed by atoms with Crippen molar-refractivity contribution < 1.29 is 14.3 Å². The van der Waals surface area contributed by atoms with Gasteiger partial charge >= 0.3 is 5.97 Å². The van der Waals surface area contributed by atoms with E-state index in [2.05, 4.69) is 27.3 Å². The molecule has 0 bridgehead atoms. The van der Waals surface area contributed by atoms with Gasteiger partial charge in [0.25, 0.3) is 0 Å². The monoisotopic (exact) mass is 524 g/mol. The molecule has 3 rings (SSSR count). The van der Waals surface area contributed by atoms with E-state index in [-0.39, 0.29) is 5.57 Å². The highest BCUT2D eigenvalue weighted by molar-refractivity contribution is 9.10. The van der Waals surface area contributed by atoms with Crippen molar-refractivity contribution in [1.82, 2.24) is 5.32 Å². The molecule has 0 aromatic heterocycles. The van der Waals surface area contributed by atoms with Crippen LogP contribution in [0.1, 0.15) is 17.0 Å². The van der Waals surface area contributed by atoms with Gasteiger partial charge < -0.3 is 10.1 Å². The number of halogens is 3. The number of allylic oxidation sites excluding steroid dienone is 1. The molecule has 0 aliphatic carbocycles. The number of benzene rings is 2. The molecule has 0 fully saturated rings. The molecule has 1 aliphatic rings. The van der Waals surface area contributed by atoms with E-state index in [0.717, 1.165) is 10.0 Å². The van der Waals surface area contributed by atoms with Crippen molar-refractivity contribution in [2.45, 2.75) is 11.7 Å². The number of rotatable bonds is 5. The Labute approximate surface area is 196 Å². The molecule has 2 aromatic rings. The molecular weight excluding hydrogens is 511 g/mol. The standard InChI is InChI=1S/C21H15BrCl2N2O3S/c1-29-21(28)18-17(11-3-2-4-13(22)7-11)15(9-25)20(26-19(18)27)30-10-12-5-6-14(23)8-16(12)24/h2-8,17-18H,10H2,1H3,(H,26,27)/t17-,18+/m1/s1. The first-order valence-electron chi connectivity index (χ1n) is 8.70. The fourth-order valence-electron chi connectivity index (χ4n) is 3.17. The Morgan fingerprint density at radius 1 is 1.30 bits per heavy atom. The minimum atomic E-state index is -1.16. The van der Waals surface area contributed by atoms with Crippen LogP contribution in [-0.2, 0) is 20.1 Å². The summed E-state index contributed by atoms with van der Waals surface area (Å²) in [4.78, 5) is 25.2. The first kappa shape index (κ1) is 22.7. The Morgan fingerprint density at radius 2 is 2.07 bits per heavy atom. The number of nitrogens with one attached hydrogen (secondary N) is 1. The quantitative estimate of drug-likeness (QED) is 0.416. The second-order valence-corrected chi connectivity index (χ2v) is 9.15. The Morgan fingerprint density at radius 3 is 2.70 bits per heavy atom. The van der Waals surface area contributed by atoms with Crippen LogP contribution in [0.5, 0.6) is 0 Å². The third-order valence-corrected chi connectivity index (χ3v) is 6.72. The van der Waals surface area contributed by atoms with Crippen molar-refractivity contribution in [2.75, 3.05) is 7.11 Å². The minimum absolute atomic E-state index is 0.290. The van der Waals surface area contributed by atoms with Gasteiger partial charge in [-0.1, -0.05) is 57.3 Å². The van der Waals surface area contributed by atoms with Gasteiger partial charge in [-0.3, -0.25) is 9.59 Å². The lowest BCUT2D eigenvalue weighted by atomic mass is 9.78. The van der Waals surface area contributed by atoms with Crippen molar-refractivity contribution in [3.05, 3.63) is 78.7 Å². The van der Waals surface area contributed by atoms with Crippen molar-refractivity contribution in [2.24, 2.45) is 5.92 Å². The van der Waals surface area contributed by atoms with Crippen LogP contribution in [0, 0.1) is 17.2 Å². The molecule has 0 saturated heterocycles. The van der Waals surface area contributed by atoms with Crippen LogP contribution in [0.3, 0.4) is 0 Å². The fraction of sp³-hybridized carbons (Fsp3) is 0.190. The van der Waals surface area contributed by atoms with Crippen LogP contribution < -0.4 is 5.32 Å².